The summed E-state index contributed by atoms with van der Waals surface area (Å²) >= 11 is 8.86. The van der Waals surface area contributed by atoms with E-state index in [0.29, 0.717) is 11.3 Å². The molecule has 0 fully saturated rings. The van der Waals surface area contributed by atoms with Crippen molar-refractivity contribution >= 4 is 50.8 Å². The van der Waals surface area contributed by atoms with E-state index in [1.54, 1.807) is 24.3 Å². The van der Waals surface area contributed by atoms with Gasteiger partial charge in [0.15, 0.2) is 11.6 Å². The molecule has 0 saturated heterocycles. The van der Waals surface area contributed by atoms with E-state index in [1.807, 2.05) is 6.07 Å². The Morgan fingerprint density at radius 3 is 2.12 bits per heavy atom. The van der Waals surface area contributed by atoms with Gasteiger partial charge in [0.05, 0.1) is 11.6 Å². The molecule has 0 bridgehead atoms. The van der Waals surface area contributed by atoms with Gasteiger partial charge in [0.25, 0.3) is 0 Å². The lowest BCUT2D eigenvalue weighted by atomic mass is 10.2. The van der Waals surface area contributed by atoms with E-state index in [4.69, 9.17) is 16.9 Å². The molecule has 3 aromatic rings. The molecule has 0 spiro atoms. The summed E-state index contributed by atoms with van der Waals surface area (Å²) in [4.78, 5) is 11.7. The monoisotopic (exact) mass is 436 g/mol. The van der Waals surface area contributed by atoms with Gasteiger partial charge in [-0.1, -0.05) is 15.9 Å². The lowest BCUT2D eigenvalue weighted by Gasteiger charge is -2.10. The minimum atomic E-state index is -0.824. The predicted molar refractivity (Wildman–Crippen MR) is 96.6 cm³/mol. The van der Waals surface area contributed by atoms with Crippen LogP contribution >= 0.6 is 27.5 Å². The molecule has 2 N–H and O–H groups in total. The van der Waals surface area contributed by atoms with Crippen LogP contribution < -0.4 is 10.6 Å². The summed E-state index contributed by atoms with van der Waals surface area (Å²) < 4.78 is 28.1. The molecule has 0 aliphatic rings. The highest BCUT2D eigenvalue weighted by atomic mass is 79.9. The van der Waals surface area contributed by atoms with Gasteiger partial charge in [0, 0.05) is 10.2 Å². The molecule has 0 radical (unpaired) electrons. The van der Waals surface area contributed by atoms with E-state index in [-0.39, 0.29) is 21.7 Å². The normalized spacial score (nSPS) is 10.3. The molecule has 1 heterocycles. The molecule has 130 valence electrons. The Kier molecular flexibility index (Phi) is 5.25. The topological polar surface area (TPSA) is 86.5 Å². The van der Waals surface area contributed by atoms with Crippen LogP contribution in [0.2, 0.25) is 5.28 Å². The van der Waals surface area contributed by atoms with Crippen molar-refractivity contribution < 1.29 is 8.78 Å². The molecular weight excluding hydrogens is 430 g/mol. The summed E-state index contributed by atoms with van der Waals surface area (Å²) in [5, 5.41) is 14.0. The van der Waals surface area contributed by atoms with Crippen LogP contribution in [-0.4, -0.2) is 15.0 Å². The third-order valence-electron chi connectivity index (χ3n) is 3.12. The van der Waals surface area contributed by atoms with Gasteiger partial charge in [-0.25, -0.2) is 8.78 Å². The summed E-state index contributed by atoms with van der Waals surface area (Å²) in [6, 6.07) is 10.7. The van der Waals surface area contributed by atoms with Crippen LogP contribution in [0.1, 0.15) is 5.56 Å². The molecule has 0 atom stereocenters. The summed E-state index contributed by atoms with van der Waals surface area (Å²) in [7, 11) is 0. The van der Waals surface area contributed by atoms with Gasteiger partial charge in [-0.05, 0) is 48.0 Å². The van der Waals surface area contributed by atoms with Crippen LogP contribution in [0.4, 0.5) is 32.1 Å². The Hall–Kier alpha value is -2.83. The van der Waals surface area contributed by atoms with Crippen LogP contribution in [0.25, 0.3) is 0 Å². The van der Waals surface area contributed by atoms with Gasteiger partial charge < -0.3 is 10.6 Å². The Morgan fingerprint density at radius 2 is 1.54 bits per heavy atom. The first-order valence-electron chi connectivity index (χ1n) is 7.05. The average Bonchev–Trinajstić information content (AvgIpc) is 2.58. The van der Waals surface area contributed by atoms with E-state index in [0.717, 1.165) is 12.1 Å². The first kappa shape index (κ1) is 18.0. The van der Waals surface area contributed by atoms with E-state index in [1.165, 1.54) is 0 Å². The molecule has 0 unspecified atom stereocenters. The molecule has 2 aromatic carbocycles. The molecule has 26 heavy (non-hydrogen) atoms. The summed E-state index contributed by atoms with van der Waals surface area (Å²) in [6.45, 7) is 0. The zero-order chi connectivity index (χ0) is 18.7. The zero-order valence-corrected chi connectivity index (χ0v) is 15.1. The highest BCUT2D eigenvalue weighted by Gasteiger charge is 2.13. The maximum absolute atomic E-state index is 13.9. The van der Waals surface area contributed by atoms with E-state index >= 15 is 0 Å². The molecule has 0 amide bonds. The van der Waals surface area contributed by atoms with Crippen LogP contribution in [0.15, 0.2) is 40.9 Å². The van der Waals surface area contributed by atoms with Crippen molar-refractivity contribution in [3.63, 3.8) is 0 Å². The second kappa shape index (κ2) is 7.59. The molecule has 0 aliphatic heterocycles. The lowest BCUT2D eigenvalue weighted by molar-refractivity contribution is 0.589. The van der Waals surface area contributed by atoms with Crippen molar-refractivity contribution in [2.75, 3.05) is 10.6 Å². The molecule has 3 rings (SSSR count). The number of anilines is 4. The number of rotatable bonds is 4. The highest BCUT2D eigenvalue weighted by molar-refractivity contribution is 9.10. The van der Waals surface area contributed by atoms with Crippen LogP contribution in [0.5, 0.6) is 0 Å². The smallest absolute Gasteiger partial charge is 0.233 e. The van der Waals surface area contributed by atoms with Crippen molar-refractivity contribution in [2.45, 2.75) is 0 Å². The van der Waals surface area contributed by atoms with E-state index < -0.39 is 17.3 Å². The lowest BCUT2D eigenvalue weighted by Crippen LogP contribution is -2.06. The minimum absolute atomic E-state index is 0.0649. The van der Waals surface area contributed by atoms with Crippen molar-refractivity contribution in [1.29, 1.82) is 5.26 Å². The zero-order valence-electron chi connectivity index (χ0n) is 12.8. The summed E-state index contributed by atoms with van der Waals surface area (Å²) in [5.41, 5.74) is 0.672. The second-order valence-electron chi connectivity index (χ2n) is 4.94. The molecule has 1 aromatic heterocycles. The number of nitriles is 1. The fraction of sp³-hybridized carbons (Fsp3) is 0. The maximum Gasteiger partial charge on any atom is 0.233 e. The quantitative estimate of drug-likeness (QED) is 0.602. The third-order valence-corrected chi connectivity index (χ3v) is 3.75. The number of hydrogen-bond donors (Lipinski definition) is 2. The summed E-state index contributed by atoms with van der Waals surface area (Å²) in [6.07, 6.45) is 0. The fourth-order valence-corrected chi connectivity index (χ4v) is 2.55. The molecular formula is C16H8BrClF2N6. The Bertz CT molecular complexity index is 984. The molecule has 0 aliphatic carbocycles. The Balaban J connectivity index is 1.87. The molecule has 10 heteroatoms. The van der Waals surface area contributed by atoms with Crippen molar-refractivity contribution in [3.05, 3.63) is 63.4 Å². The largest absolute Gasteiger partial charge is 0.324 e. The fourth-order valence-electron chi connectivity index (χ4n) is 1.99. The second-order valence-corrected chi connectivity index (χ2v) is 6.19. The standard InChI is InChI=1S/C16H8BrClF2N6/c17-9-5-11(19)13(12(20)6-9)23-16-25-14(18)24-15(26-16)22-10-3-1-8(7-21)2-4-10/h1-6H,(H2,22,23,24,25,26). The molecule has 6 nitrogen and oxygen atoms in total. The van der Waals surface area contributed by atoms with Crippen LogP contribution in [0, 0.1) is 23.0 Å². The van der Waals surface area contributed by atoms with Crippen LogP contribution in [-0.2, 0) is 0 Å². The molecule has 0 saturated carbocycles. The van der Waals surface area contributed by atoms with Crippen LogP contribution in [0.3, 0.4) is 0 Å². The highest BCUT2D eigenvalue weighted by Crippen LogP contribution is 2.26. The first-order valence-corrected chi connectivity index (χ1v) is 8.22. The maximum atomic E-state index is 13.9. The van der Waals surface area contributed by atoms with Gasteiger partial charge >= 0.3 is 0 Å². The summed E-state index contributed by atoms with van der Waals surface area (Å²) in [5.74, 6) is -1.72. The van der Waals surface area contributed by atoms with Gasteiger partial charge in [-0.2, -0.15) is 20.2 Å². The number of halogens is 4. The Morgan fingerprint density at radius 1 is 0.962 bits per heavy atom. The first-order chi connectivity index (χ1) is 12.4. The number of benzene rings is 2. The number of aromatic nitrogens is 3. The SMILES string of the molecule is N#Cc1ccc(Nc2nc(Cl)nc(Nc3c(F)cc(Br)cc3F)n2)cc1. The number of nitrogens with zero attached hydrogens (tertiary/aromatic N) is 4. The minimum Gasteiger partial charge on any atom is -0.324 e. The van der Waals surface area contributed by atoms with Crippen molar-refractivity contribution in [2.24, 2.45) is 0 Å². The number of nitrogens with one attached hydrogen (secondary N) is 2. The van der Waals surface area contributed by atoms with Gasteiger partial charge in [0.2, 0.25) is 17.2 Å². The third kappa shape index (κ3) is 4.22. The van der Waals surface area contributed by atoms with Crippen molar-refractivity contribution in [1.82, 2.24) is 15.0 Å². The predicted octanol–water partition coefficient (Wildman–Crippen LogP) is 4.92. The Labute approximate surface area is 160 Å². The van der Waals surface area contributed by atoms with E-state index in [9.17, 15) is 8.78 Å². The van der Waals surface area contributed by atoms with Crippen molar-refractivity contribution in [3.8, 4) is 6.07 Å². The van der Waals surface area contributed by atoms with Gasteiger partial charge in [-0.15, -0.1) is 0 Å². The van der Waals surface area contributed by atoms with Gasteiger partial charge in [0.1, 0.15) is 5.69 Å². The average molecular weight is 438 g/mol. The number of hydrogen-bond acceptors (Lipinski definition) is 6. The van der Waals surface area contributed by atoms with E-state index in [2.05, 4.69) is 41.5 Å². The van der Waals surface area contributed by atoms with Gasteiger partial charge in [-0.3, -0.25) is 0 Å².